The van der Waals surface area contributed by atoms with E-state index >= 15 is 0 Å². The van der Waals surface area contributed by atoms with Gasteiger partial charge in [0.1, 0.15) is 5.75 Å². The number of rotatable bonds is 3. The molecule has 5 N–H and O–H groups in total. The molecule has 0 saturated carbocycles. The fraction of sp³-hybridized carbons (Fsp3) is 0. The fourth-order valence-electron chi connectivity index (χ4n) is 2.43. The van der Waals surface area contributed by atoms with Gasteiger partial charge in [-0.25, -0.2) is 0 Å². The van der Waals surface area contributed by atoms with Gasteiger partial charge < -0.3 is 20.6 Å². The van der Waals surface area contributed by atoms with Crippen LogP contribution in [0.1, 0.15) is 0 Å². The van der Waals surface area contributed by atoms with Gasteiger partial charge in [-0.1, -0.05) is 72.8 Å². The molecule has 0 amide bonds. The summed E-state index contributed by atoms with van der Waals surface area (Å²) in [6.45, 7) is 0. The van der Waals surface area contributed by atoms with E-state index < -0.39 is 7.14 Å². The molecule has 0 heterocycles. The van der Waals surface area contributed by atoms with Crippen LogP contribution in [-0.4, -0.2) is 16.1 Å². The van der Waals surface area contributed by atoms with Crippen molar-refractivity contribution in [2.75, 3.05) is 0 Å². The van der Waals surface area contributed by atoms with Crippen LogP contribution in [0.2, 0.25) is 0 Å². The van der Waals surface area contributed by atoms with Gasteiger partial charge >= 0.3 is 0 Å². The van der Waals surface area contributed by atoms with E-state index in [1.54, 1.807) is 24.3 Å². The summed E-state index contributed by atoms with van der Waals surface area (Å²) in [5.74, 6) is 0.0635. The second kappa shape index (κ2) is 7.75. The van der Waals surface area contributed by atoms with Crippen molar-refractivity contribution in [2.24, 2.45) is 0 Å². The van der Waals surface area contributed by atoms with E-state index in [-0.39, 0.29) is 16.7 Å². The predicted octanol–water partition coefficient (Wildman–Crippen LogP) is 1.38. The van der Waals surface area contributed by atoms with Crippen molar-refractivity contribution >= 4 is 23.1 Å². The summed E-state index contributed by atoms with van der Waals surface area (Å²) >= 11 is 0. The highest BCUT2D eigenvalue weighted by Gasteiger charge is 2.31. The quantitative estimate of drug-likeness (QED) is 0.734. The van der Waals surface area contributed by atoms with Crippen molar-refractivity contribution in [3.63, 3.8) is 0 Å². The number of phenols is 1. The largest absolute Gasteiger partial charge is 0.507 e. The van der Waals surface area contributed by atoms with Gasteiger partial charge in [-0.15, -0.1) is 0 Å². The van der Waals surface area contributed by atoms with Crippen LogP contribution in [0.25, 0.3) is 0 Å². The molecule has 0 bridgehead atoms. The average molecular weight is 330 g/mol. The lowest BCUT2D eigenvalue weighted by Gasteiger charge is -2.20. The minimum absolute atomic E-state index is 0. The molecule has 120 valence electrons. The lowest BCUT2D eigenvalue weighted by atomic mass is 10.3. The second-order valence-corrected chi connectivity index (χ2v) is 7.50. The van der Waals surface area contributed by atoms with Gasteiger partial charge in [0.05, 0.1) is 5.30 Å². The van der Waals surface area contributed by atoms with Gasteiger partial charge in [-0.05, 0) is 12.1 Å². The maximum atomic E-state index is 13.9. The number of benzene rings is 3. The highest BCUT2D eigenvalue weighted by molar-refractivity contribution is 7.85. The average Bonchev–Trinajstić information content (AvgIpc) is 2.56. The standard InChI is InChI=1S/C18H15O2P.2H2O/c19-17-13-7-8-14-18(17)21(20,15-9-3-1-4-10-15)16-11-5-2-6-12-16;;/h1-14,19H;2*1H2. The molecule has 0 fully saturated rings. The number of hydrogen-bond donors (Lipinski definition) is 1. The van der Waals surface area contributed by atoms with Crippen LogP contribution in [0.5, 0.6) is 5.75 Å². The highest BCUT2D eigenvalue weighted by Crippen LogP contribution is 2.44. The Kier molecular flexibility index (Phi) is 6.28. The fourth-order valence-corrected chi connectivity index (χ4v) is 5.17. The van der Waals surface area contributed by atoms with Crippen molar-refractivity contribution in [1.82, 2.24) is 0 Å². The summed E-state index contributed by atoms with van der Waals surface area (Å²) in [6.07, 6.45) is 0. The van der Waals surface area contributed by atoms with Crippen LogP contribution in [0.15, 0.2) is 84.9 Å². The molecule has 0 aliphatic carbocycles. The first-order valence-electron chi connectivity index (χ1n) is 6.73. The van der Waals surface area contributed by atoms with Crippen LogP contribution in [0.4, 0.5) is 0 Å². The number of hydrogen-bond acceptors (Lipinski definition) is 2. The molecule has 3 rings (SSSR count). The molecule has 3 aromatic carbocycles. The molecule has 0 radical (unpaired) electrons. The van der Waals surface area contributed by atoms with E-state index in [1.807, 2.05) is 60.7 Å². The Morgan fingerprint density at radius 2 is 1.00 bits per heavy atom. The maximum Gasteiger partial charge on any atom is 0.174 e. The van der Waals surface area contributed by atoms with E-state index in [2.05, 4.69) is 0 Å². The Hall–Kier alpha value is -2.39. The predicted molar refractivity (Wildman–Crippen MR) is 94.7 cm³/mol. The van der Waals surface area contributed by atoms with Crippen molar-refractivity contribution in [2.45, 2.75) is 0 Å². The Bertz CT molecular complexity index is 745. The van der Waals surface area contributed by atoms with Crippen LogP contribution in [0, 0.1) is 0 Å². The van der Waals surface area contributed by atoms with Gasteiger partial charge in [0.15, 0.2) is 7.14 Å². The molecule has 0 spiro atoms. The van der Waals surface area contributed by atoms with Crippen LogP contribution in [0.3, 0.4) is 0 Å². The second-order valence-electron chi connectivity index (χ2n) is 4.77. The highest BCUT2D eigenvalue weighted by atomic mass is 31.2. The Morgan fingerprint density at radius 3 is 1.43 bits per heavy atom. The molecule has 0 aliphatic heterocycles. The third-order valence-corrected chi connectivity index (χ3v) is 6.57. The number of phenolic OH excluding ortho intramolecular Hbond substituents is 1. The van der Waals surface area contributed by atoms with E-state index in [0.29, 0.717) is 5.30 Å². The van der Waals surface area contributed by atoms with Gasteiger partial charge in [-0.3, -0.25) is 0 Å². The van der Waals surface area contributed by atoms with Gasteiger partial charge in [0.2, 0.25) is 0 Å². The van der Waals surface area contributed by atoms with E-state index in [1.165, 1.54) is 0 Å². The summed E-state index contributed by atoms with van der Waals surface area (Å²) < 4.78 is 13.9. The third-order valence-electron chi connectivity index (χ3n) is 3.46. The van der Waals surface area contributed by atoms with Crippen molar-refractivity contribution in [3.8, 4) is 5.75 Å². The topological polar surface area (TPSA) is 100 Å². The minimum atomic E-state index is -3.06. The van der Waals surface area contributed by atoms with E-state index in [9.17, 15) is 9.67 Å². The summed E-state index contributed by atoms with van der Waals surface area (Å²) in [4.78, 5) is 0. The monoisotopic (exact) mass is 330 g/mol. The maximum absolute atomic E-state index is 13.9. The molecular weight excluding hydrogens is 311 g/mol. The molecule has 0 aromatic heterocycles. The first-order valence-corrected chi connectivity index (χ1v) is 8.43. The Balaban J connectivity index is 0.00000132. The molecule has 0 saturated heterocycles. The van der Waals surface area contributed by atoms with Gasteiger partial charge in [0.25, 0.3) is 0 Å². The van der Waals surface area contributed by atoms with E-state index in [0.717, 1.165) is 10.6 Å². The zero-order valence-electron chi connectivity index (χ0n) is 12.4. The zero-order chi connectivity index (χ0) is 14.7. The first kappa shape index (κ1) is 18.7. The SMILES string of the molecule is O.O.O=P(c1ccccc1)(c1ccccc1)c1ccccc1O. The van der Waals surface area contributed by atoms with Crippen LogP contribution >= 0.6 is 7.14 Å². The molecule has 0 unspecified atom stereocenters. The van der Waals surface area contributed by atoms with Crippen molar-refractivity contribution < 1.29 is 20.6 Å². The van der Waals surface area contributed by atoms with Gasteiger partial charge in [0, 0.05) is 10.6 Å². The van der Waals surface area contributed by atoms with E-state index in [4.69, 9.17) is 0 Å². The smallest absolute Gasteiger partial charge is 0.174 e. The van der Waals surface area contributed by atoms with Crippen LogP contribution in [-0.2, 0) is 4.57 Å². The molecule has 5 heteroatoms. The molecule has 23 heavy (non-hydrogen) atoms. The zero-order valence-corrected chi connectivity index (χ0v) is 13.3. The summed E-state index contributed by atoms with van der Waals surface area (Å²) in [6, 6.07) is 25.5. The van der Waals surface area contributed by atoms with Crippen molar-refractivity contribution in [1.29, 1.82) is 0 Å². The molecular formula is C18H19O4P. The summed E-state index contributed by atoms with van der Waals surface area (Å²) in [7, 11) is -3.06. The molecule has 3 aromatic rings. The first-order chi connectivity index (χ1) is 10.2. The lowest BCUT2D eigenvalue weighted by molar-refractivity contribution is 0.479. The number of aromatic hydroxyl groups is 1. The molecule has 4 nitrogen and oxygen atoms in total. The molecule has 0 aliphatic rings. The summed E-state index contributed by atoms with van der Waals surface area (Å²) in [5.41, 5.74) is 0. The van der Waals surface area contributed by atoms with Gasteiger partial charge in [-0.2, -0.15) is 0 Å². The third kappa shape index (κ3) is 3.35. The normalized spacial score (nSPS) is 10.3. The van der Waals surface area contributed by atoms with Crippen molar-refractivity contribution in [3.05, 3.63) is 84.9 Å². The molecule has 0 atom stereocenters. The minimum Gasteiger partial charge on any atom is -0.507 e. The Morgan fingerprint density at radius 1 is 0.609 bits per heavy atom. The Labute approximate surface area is 135 Å². The van der Waals surface area contributed by atoms with Crippen LogP contribution < -0.4 is 15.9 Å². The lowest BCUT2D eigenvalue weighted by Crippen LogP contribution is -2.25. The number of para-hydroxylation sites is 1. The summed E-state index contributed by atoms with van der Waals surface area (Å²) in [5, 5.41) is 12.1.